The summed E-state index contributed by atoms with van der Waals surface area (Å²) in [6.07, 6.45) is 0.783. The van der Waals surface area contributed by atoms with Gasteiger partial charge in [-0.1, -0.05) is 6.92 Å². The first-order valence-corrected chi connectivity index (χ1v) is 5.27. The van der Waals surface area contributed by atoms with Gasteiger partial charge in [0.1, 0.15) is 0 Å². The van der Waals surface area contributed by atoms with Crippen molar-refractivity contribution < 1.29 is 19.4 Å². The van der Waals surface area contributed by atoms with Crippen molar-refractivity contribution in [2.75, 3.05) is 13.7 Å². The Labute approximate surface area is 95.1 Å². The van der Waals surface area contributed by atoms with Gasteiger partial charge in [-0.25, -0.2) is 0 Å². The minimum Gasteiger partial charge on any atom is -0.481 e. The molecular formula is C10H20N2O4. The van der Waals surface area contributed by atoms with Gasteiger partial charge in [0.25, 0.3) is 0 Å². The Morgan fingerprint density at radius 3 is 2.56 bits per heavy atom. The lowest BCUT2D eigenvalue weighted by Crippen LogP contribution is -2.46. The van der Waals surface area contributed by atoms with E-state index in [0.717, 1.165) is 6.42 Å². The predicted octanol–water partition coefficient (Wildman–Crippen LogP) is -0.280. The van der Waals surface area contributed by atoms with Crippen LogP contribution in [0.5, 0.6) is 0 Å². The number of rotatable bonds is 8. The number of aliphatic carboxylic acids is 1. The molecule has 0 heterocycles. The molecule has 16 heavy (non-hydrogen) atoms. The van der Waals surface area contributed by atoms with Crippen molar-refractivity contribution in [3.05, 3.63) is 0 Å². The van der Waals surface area contributed by atoms with Crippen LogP contribution in [0.3, 0.4) is 0 Å². The number of hydrogen-bond acceptors (Lipinski definition) is 4. The molecule has 0 aliphatic carbocycles. The number of nitrogens with one attached hydrogen (secondary N) is 1. The maximum Gasteiger partial charge on any atom is 0.303 e. The Morgan fingerprint density at radius 2 is 2.12 bits per heavy atom. The number of ether oxygens (including phenoxy) is 1. The zero-order valence-corrected chi connectivity index (χ0v) is 9.73. The van der Waals surface area contributed by atoms with Crippen LogP contribution in [0, 0.1) is 0 Å². The SMILES string of the molecule is CCC(COC)NC(=O)C(N)CCC(=O)O. The van der Waals surface area contributed by atoms with E-state index in [9.17, 15) is 9.59 Å². The predicted molar refractivity (Wildman–Crippen MR) is 58.9 cm³/mol. The first kappa shape index (κ1) is 14.9. The van der Waals surface area contributed by atoms with Crippen molar-refractivity contribution in [2.45, 2.75) is 38.3 Å². The molecule has 6 nitrogen and oxygen atoms in total. The van der Waals surface area contributed by atoms with Gasteiger partial charge in [0, 0.05) is 13.5 Å². The molecule has 0 aliphatic heterocycles. The third-order valence-corrected chi connectivity index (χ3v) is 2.21. The molecule has 0 rings (SSSR count). The van der Waals surface area contributed by atoms with E-state index in [4.69, 9.17) is 15.6 Å². The normalized spacial score (nSPS) is 14.2. The second-order valence-electron chi connectivity index (χ2n) is 3.61. The van der Waals surface area contributed by atoms with Crippen LogP contribution >= 0.6 is 0 Å². The number of carbonyl (C=O) groups is 2. The van der Waals surface area contributed by atoms with Crippen LogP contribution in [0.15, 0.2) is 0 Å². The molecule has 0 aromatic rings. The van der Waals surface area contributed by atoms with Gasteiger partial charge in [0.15, 0.2) is 0 Å². The Hall–Kier alpha value is -1.14. The van der Waals surface area contributed by atoms with Gasteiger partial charge in [-0.05, 0) is 12.8 Å². The minimum absolute atomic E-state index is 0.0756. The quantitative estimate of drug-likeness (QED) is 0.534. The third kappa shape index (κ3) is 6.36. The summed E-state index contributed by atoms with van der Waals surface area (Å²) in [5.41, 5.74) is 5.55. The van der Waals surface area contributed by atoms with Crippen LogP contribution in [-0.2, 0) is 14.3 Å². The number of carbonyl (C=O) groups excluding carboxylic acids is 1. The average Bonchev–Trinajstić information content (AvgIpc) is 2.24. The summed E-state index contributed by atoms with van der Waals surface area (Å²) in [4.78, 5) is 21.8. The van der Waals surface area contributed by atoms with Crippen LogP contribution in [0.25, 0.3) is 0 Å². The lowest BCUT2D eigenvalue weighted by Gasteiger charge is -2.18. The lowest BCUT2D eigenvalue weighted by molar-refractivity contribution is -0.137. The molecule has 2 atom stereocenters. The van der Waals surface area contributed by atoms with Crippen LogP contribution in [0.4, 0.5) is 0 Å². The lowest BCUT2D eigenvalue weighted by atomic mass is 10.1. The number of methoxy groups -OCH3 is 1. The van der Waals surface area contributed by atoms with E-state index in [2.05, 4.69) is 5.32 Å². The molecule has 4 N–H and O–H groups in total. The molecule has 0 radical (unpaired) electrons. The van der Waals surface area contributed by atoms with Crippen molar-refractivity contribution >= 4 is 11.9 Å². The second-order valence-corrected chi connectivity index (χ2v) is 3.61. The number of amides is 1. The maximum absolute atomic E-state index is 11.5. The summed E-state index contributed by atoms with van der Waals surface area (Å²) in [6.45, 7) is 2.35. The Bertz CT molecular complexity index is 233. The highest BCUT2D eigenvalue weighted by Crippen LogP contribution is 1.97. The summed E-state index contributed by atoms with van der Waals surface area (Å²) in [5, 5.41) is 11.2. The molecule has 0 bridgehead atoms. The second kappa shape index (κ2) is 8.06. The average molecular weight is 232 g/mol. The van der Waals surface area contributed by atoms with Gasteiger partial charge < -0.3 is 20.9 Å². The minimum atomic E-state index is -0.952. The van der Waals surface area contributed by atoms with E-state index in [1.807, 2.05) is 6.92 Å². The van der Waals surface area contributed by atoms with E-state index in [1.165, 1.54) is 0 Å². The zero-order valence-electron chi connectivity index (χ0n) is 9.73. The first-order valence-electron chi connectivity index (χ1n) is 5.27. The fraction of sp³-hybridized carbons (Fsp3) is 0.800. The summed E-state index contributed by atoms with van der Waals surface area (Å²) in [5.74, 6) is -1.28. The van der Waals surface area contributed by atoms with E-state index < -0.39 is 12.0 Å². The highest BCUT2D eigenvalue weighted by molar-refractivity contribution is 5.82. The Balaban J connectivity index is 3.97. The molecular weight excluding hydrogens is 212 g/mol. The molecule has 0 aromatic heterocycles. The van der Waals surface area contributed by atoms with Gasteiger partial charge in [-0.15, -0.1) is 0 Å². The maximum atomic E-state index is 11.5. The van der Waals surface area contributed by atoms with Crippen molar-refractivity contribution in [1.29, 1.82) is 0 Å². The van der Waals surface area contributed by atoms with Gasteiger partial charge in [-0.2, -0.15) is 0 Å². The smallest absolute Gasteiger partial charge is 0.303 e. The summed E-state index contributed by atoms with van der Waals surface area (Å²) in [7, 11) is 1.55. The molecule has 0 fully saturated rings. The largest absolute Gasteiger partial charge is 0.481 e. The zero-order chi connectivity index (χ0) is 12.6. The molecule has 6 heteroatoms. The van der Waals surface area contributed by atoms with Gasteiger partial charge in [0.05, 0.1) is 18.7 Å². The van der Waals surface area contributed by atoms with E-state index in [-0.39, 0.29) is 24.8 Å². The van der Waals surface area contributed by atoms with Gasteiger partial charge in [0.2, 0.25) is 5.91 Å². The van der Waals surface area contributed by atoms with Crippen molar-refractivity contribution in [1.82, 2.24) is 5.32 Å². The molecule has 0 saturated carbocycles. The van der Waals surface area contributed by atoms with Crippen molar-refractivity contribution in [3.63, 3.8) is 0 Å². The Morgan fingerprint density at radius 1 is 1.50 bits per heavy atom. The summed E-state index contributed by atoms with van der Waals surface area (Å²) in [6, 6.07) is -0.851. The number of hydrogen-bond donors (Lipinski definition) is 3. The molecule has 0 aromatic carbocycles. The van der Waals surface area contributed by atoms with Crippen LogP contribution in [-0.4, -0.2) is 42.8 Å². The number of carboxylic acid groups (broad SMARTS) is 1. The fourth-order valence-corrected chi connectivity index (χ4v) is 1.18. The summed E-state index contributed by atoms with van der Waals surface area (Å²) >= 11 is 0. The van der Waals surface area contributed by atoms with E-state index in [0.29, 0.717) is 6.61 Å². The molecule has 1 amide bonds. The summed E-state index contributed by atoms with van der Waals surface area (Å²) < 4.78 is 4.92. The third-order valence-electron chi connectivity index (χ3n) is 2.21. The van der Waals surface area contributed by atoms with Crippen molar-refractivity contribution in [3.8, 4) is 0 Å². The van der Waals surface area contributed by atoms with Gasteiger partial charge >= 0.3 is 5.97 Å². The highest BCUT2D eigenvalue weighted by atomic mass is 16.5. The Kier molecular flexibility index (Phi) is 7.49. The molecule has 2 unspecified atom stereocenters. The monoisotopic (exact) mass is 232 g/mol. The molecule has 0 saturated heterocycles. The highest BCUT2D eigenvalue weighted by Gasteiger charge is 2.17. The van der Waals surface area contributed by atoms with E-state index >= 15 is 0 Å². The van der Waals surface area contributed by atoms with Gasteiger partial charge in [-0.3, -0.25) is 9.59 Å². The van der Waals surface area contributed by atoms with Crippen molar-refractivity contribution in [2.24, 2.45) is 5.73 Å². The molecule has 0 aliphatic rings. The molecule has 94 valence electrons. The van der Waals surface area contributed by atoms with Crippen LogP contribution < -0.4 is 11.1 Å². The number of nitrogens with two attached hydrogens (primary N) is 1. The molecule has 0 spiro atoms. The fourth-order valence-electron chi connectivity index (χ4n) is 1.18. The van der Waals surface area contributed by atoms with Crippen LogP contribution in [0.2, 0.25) is 0 Å². The van der Waals surface area contributed by atoms with E-state index in [1.54, 1.807) is 7.11 Å². The van der Waals surface area contributed by atoms with Crippen LogP contribution in [0.1, 0.15) is 26.2 Å². The standard InChI is InChI=1S/C10H20N2O4/c1-3-7(6-16-2)12-10(15)8(11)4-5-9(13)14/h7-8H,3-6,11H2,1-2H3,(H,12,15)(H,13,14). The number of carboxylic acids is 1. The first-order chi connectivity index (χ1) is 7.51. The topological polar surface area (TPSA) is 102 Å².